The minimum absolute atomic E-state index is 0.0354. The van der Waals surface area contributed by atoms with E-state index in [9.17, 15) is 18.7 Å². The average Bonchev–Trinajstić information content (AvgIpc) is 2.60. The van der Waals surface area contributed by atoms with Crippen molar-refractivity contribution in [3.8, 4) is 0 Å². The van der Waals surface area contributed by atoms with Crippen molar-refractivity contribution in [3.63, 3.8) is 0 Å². The van der Waals surface area contributed by atoms with Gasteiger partial charge in [-0.05, 0) is 0 Å². The van der Waals surface area contributed by atoms with Crippen LogP contribution in [-0.4, -0.2) is 113 Å². The molecule has 0 aromatic rings. The van der Waals surface area contributed by atoms with E-state index in [-0.39, 0.29) is 6.29 Å². The monoisotopic (exact) mass is 460 g/mol. The van der Waals surface area contributed by atoms with E-state index < -0.39 is 71.8 Å². The molecule has 0 fully saturated rings. The topological polar surface area (TPSA) is 289 Å². The normalized spacial score (nSPS) is 17.5. The molecule has 0 saturated heterocycles. The lowest BCUT2D eigenvalue weighted by Gasteiger charge is -2.21. The average molecular weight is 460 g/mol. The lowest BCUT2D eigenvalue weighted by molar-refractivity contribution is -0.142. The Kier molecular flexibility index (Phi) is 14.3. The standard InChI is InChI=1S/C6H13O9P.C4H9O7P/c7-1-3(8)5(10)6(11)4(9)2-15-16(12,13)14;5-1-3(6)4(7)2-11-12(8,9)10/h4-7,9-11H,1-2H2,(H2,12,13,14);1,3-4,6-7H,2H2,(H2,8,9,10)/t4-,5-,6-;3-,4+/m10/s1. The second-order valence-electron chi connectivity index (χ2n) is 4.89. The van der Waals surface area contributed by atoms with Crippen molar-refractivity contribution in [2.24, 2.45) is 0 Å². The van der Waals surface area contributed by atoms with Crippen molar-refractivity contribution < 1.29 is 78.0 Å². The Bertz CT molecular complexity index is 556. The van der Waals surface area contributed by atoms with Crippen molar-refractivity contribution in [1.29, 1.82) is 0 Å². The Morgan fingerprint density at radius 1 is 0.857 bits per heavy atom. The van der Waals surface area contributed by atoms with Crippen LogP contribution in [0.25, 0.3) is 0 Å². The van der Waals surface area contributed by atoms with E-state index in [1.165, 1.54) is 0 Å². The summed E-state index contributed by atoms with van der Waals surface area (Å²) in [7, 11) is -9.46. The SMILES string of the molecule is O=C(CO)[C@@H](O)[C@H](O)[C@H](O)COP(=O)(O)O.O=C[C@H](O)[C@H](O)COP(=O)(O)O. The summed E-state index contributed by atoms with van der Waals surface area (Å²) >= 11 is 0. The molecule has 28 heavy (non-hydrogen) atoms. The number of aliphatic hydroxyl groups is 6. The van der Waals surface area contributed by atoms with Crippen LogP contribution in [0.1, 0.15) is 0 Å². The molecule has 0 aromatic heterocycles. The second-order valence-corrected chi connectivity index (χ2v) is 7.37. The molecule has 168 valence electrons. The molecular weight excluding hydrogens is 438 g/mol. The molecule has 0 heterocycles. The van der Waals surface area contributed by atoms with Crippen LogP contribution in [0.3, 0.4) is 0 Å². The molecule has 0 saturated carbocycles. The molecule has 0 unspecified atom stereocenters. The van der Waals surface area contributed by atoms with Gasteiger partial charge < -0.3 is 55.0 Å². The number of ketones is 1. The Balaban J connectivity index is 0. The van der Waals surface area contributed by atoms with Crippen molar-refractivity contribution in [2.75, 3.05) is 19.8 Å². The molecular formula is C10H22O16P2. The van der Waals surface area contributed by atoms with Crippen LogP contribution in [0, 0.1) is 0 Å². The maximum atomic E-state index is 10.7. The first-order valence-corrected chi connectivity index (χ1v) is 10.0. The van der Waals surface area contributed by atoms with Crippen LogP contribution in [0.5, 0.6) is 0 Å². The van der Waals surface area contributed by atoms with E-state index in [0.29, 0.717) is 0 Å². The van der Waals surface area contributed by atoms with Gasteiger partial charge >= 0.3 is 15.6 Å². The van der Waals surface area contributed by atoms with Gasteiger partial charge in [-0.3, -0.25) is 13.8 Å². The number of aliphatic hydroxyl groups excluding tert-OH is 6. The maximum Gasteiger partial charge on any atom is 0.469 e. The first kappa shape index (κ1) is 29.5. The highest BCUT2D eigenvalue weighted by atomic mass is 31.2. The molecule has 0 aromatic carbocycles. The highest BCUT2D eigenvalue weighted by molar-refractivity contribution is 7.46. The lowest BCUT2D eigenvalue weighted by Crippen LogP contribution is -2.45. The molecule has 0 aliphatic rings. The van der Waals surface area contributed by atoms with Gasteiger partial charge in [0, 0.05) is 0 Å². The van der Waals surface area contributed by atoms with Crippen molar-refractivity contribution >= 4 is 27.7 Å². The van der Waals surface area contributed by atoms with E-state index >= 15 is 0 Å². The number of phosphoric ester groups is 2. The molecule has 0 rings (SSSR count). The summed E-state index contributed by atoms with van der Waals surface area (Å²) in [6.45, 7) is -2.81. The molecule has 10 N–H and O–H groups in total. The van der Waals surface area contributed by atoms with Crippen LogP contribution < -0.4 is 0 Å². The zero-order chi connectivity index (χ0) is 22.7. The summed E-state index contributed by atoms with van der Waals surface area (Å²) in [5, 5.41) is 52.9. The summed E-state index contributed by atoms with van der Waals surface area (Å²) in [5.74, 6) is -1.14. The molecule has 16 nitrogen and oxygen atoms in total. The number of Topliss-reactive ketones (excluding diaryl/α,β-unsaturated/α-hetero) is 1. The van der Waals surface area contributed by atoms with Gasteiger partial charge in [-0.2, -0.15) is 0 Å². The minimum Gasteiger partial charge on any atom is -0.388 e. The molecule has 0 amide bonds. The summed E-state index contributed by atoms with van der Waals surface area (Å²) < 4.78 is 27.9. The van der Waals surface area contributed by atoms with Crippen molar-refractivity contribution in [3.05, 3.63) is 0 Å². The number of hydrogen-bond donors (Lipinski definition) is 10. The highest BCUT2D eigenvalue weighted by Gasteiger charge is 2.31. The van der Waals surface area contributed by atoms with Gasteiger partial charge in [0.2, 0.25) is 0 Å². The van der Waals surface area contributed by atoms with Crippen molar-refractivity contribution in [1.82, 2.24) is 0 Å². The van der Waals surface area contributed by atoms with Crippen LogP contribution >= 0.6 is 15.6 Å². The summed E-state index contributed by atoms with van der Waals surface area (Å²) in [5.41, 5.74) is 0. The smallest absolute Gasteiger partial charge is 0.388 e. The Labute approximate surface area is 157 Å². The highest BCUT2D eigenvalue weighted by Crippen LogP contribution is 2.36. The molecule has 0 spiro atoms. The van der Waals surface area contributed by atoms with Gasteiger partial charge in [0.25, 0.3) is 0 Å². The van der Waals surface area contributed by atoms with Gasteiger partial charge in [-0.15, -0.1) is 0 Å². The lowest BCUT2D eigenvalue weighted by atomic mass is 10.1. The number of aldehydes is 1. The van der Waals surface area contributed by atoms with Crippen LogP contribution in [0.2, 0.25) is 0 Å². The molecule has 18 heteroatoms. The van der Waals surface area contributed by atoms with Gasteiger partial charge in [-0.1, -0.05) is 0 Å². The Morgan fingerprint density at radius 2 is 1.25 bits per heavy atom. The second kappa shape index (κ2) is 13.5. The first-order valence-electron chi connectivity index (χ1n) is 6.95. The molecule has 0 aliphatic carbocycles. The summed E-state index contributed by atoms with van der Waals surface area (Å²) in [4.78, 5) is 53.3. The summed E-state index contributed by atoms with van der Waals surface area (Å²) in [6.07, 6.45) is -9.23. The van der Waals surface area contributed by atoms with E-state index in [2.05, 4.69) is 9.05 Å². The van der Waals surface area contributed by atoms with E-state index in [1.807, 2.05) is 0 Å². The third-order valence-corrected chi connectivity index (χ3v) is 3.53. The van der Waals surface area contributed by atoms with E-state index in [4.69, 9.17) is 50.2 Å². The zero-order valence-corrected chi connectivity index (χ0v) is 15.7. The number of carbonyl (C=O) groups excluding carboxylic acids is 2. The van der Waals surface area contributed by atoms with Crippen LogP contribution in [0.4, 0.5) is 0 Å². The van der Waals surface area contributed by atoms with Gasteiger partial charge in [0.15, 0.2) is 12.1 Å². The Morgan fingerprint density at radius 3 is 1.57 bits per heavy atom. The number of rotatable bonds is 12. The predicted molar refractivity (Wildman–Crippen MR) is 84.2 cm³/mol. The van der Waals surface area contributed by atoms with Gasteiger partial charge in [0.1, 0.15) is 37.1 Å². The largest absolute Gasteiger partial charge is 0.469 e. The van der Waals surface area contributed by atoms with E-state index in [0.717, 1.165) is 0 Å². The Hall–Kier alpha value is -0.680. The third-order valence-electron chi connectivity index (χ3n) is 2.56. The molecule has 5 atom stereocenters. The predicted octanol–water partition coefficient (Wildman–Crippen LogP) is -5.24. The fraction of sp³-hybridized carbons (Fsp3) is 0.800. The van der Waals surface area contributed by atoms with E-state index in [1.54, 1.807) is 0 Å². The zero-order valence-electron chi connectivity index (χ0n) is 13.9. The quantitative estimate of drug-likeness (QED) is 0.0961. The number of carbonyl (C=O) groups is 2. The summed E-state index contributed by atoms with van der Waals surface area (Å²) in [6, 6.07) is 0. The first-order chi connectivity index (χ1) is 12.6. The fourth-order valence-electron chi connectivity index (χ4n) is 1.13. The minimum atomic E-state index is -4.81. The third kappa shape index (κ3) is 15.3. The van der Waals surface area contributed by atoms with Crippen LogP contribution in [0.15, 0.2) is 0 Å². The number of phosphoric acid groups is 2. The molecule has 0 aliphatic heterocycles. The van der Waals surface area contributed by atoms with Crippen LogP contribution in [-0.2, 0) is 27.8 Å². The van der Waals surface area contributed by atoms with Gasteiger partial charge in [0.05, 0.1) is 13.2 Å². The molecule has 0 radical (unpaired) electrons. The van der Waals surface area contributed by atoms with Crippen molar-refractivity contribution in [2.45, 2.75) is 30.5 Å². The maximum absolute atomic E-state index is 10.7. The fourth-order valence-corrected chi connectivity index (χ4v) is 1.82. The van der Waals surface area contributed by atoms with Gasteiger partial charge in [-0.25, -0.2) is 9.13 Å². The number of hydrogen-bond acceptors (Lipinski definition) is 12. The molecule has 0 bridgehead atoms.